The van der Waals surface area contributed by atoms with Gasteiger partial charge in [0.05, 0.1) is 5.52 Å². The van der Waals surface area contributed by atoms with Gasteiger partial charge >= 0.3 is 0 Å². The molecule has 1 aromatic heterocycles. The molecule has 3 nitrogen and oxygen atoms in total. The molecule has 3 rings (SSSR count). The van der Waals surface area contributed by atoms with Crippen LogP contribution in [0.5, 0.6) is 0 Å². The molecule has 0 saturated carbocycles. The quantitative estimate of drug-likeness (QED) is 0.771. The Hall–Kier alpha value is -2.55. The molecule has 0 amide bonds. The molecule has 0 aliphatic rings. The van der Waals surface area contributed by atoms with Gasteiger partial charge in [-0.05, 0) is 29.1 Å². The Kier molecular flexibility index (Phi) is 3.03. The lowest BCUT2D eigenvalue weighted by atomic mass is 10.0. The van der Waals surface area contributed by atoms with Crippen molar-refractivity contribution in [3.05, 3.63) is 65.0 Å². The van der Waals surface area contributed by atoms with Crippen molar-refractivity contribution < 1.29 is 0 Å². The second-order valence-electron chi connectivity index (χ2n) is 5.04. The van der Waals surface area contributed by atoms with Gasteiger partial charge in [0.1, 0.15) is 0 Å². The minimum atomic E-state index is -0.0559. The van der Waals surface area contributed by atoms with Crippen molar-refractivity contribution in [3.63, 3.8) is 0 Å². The molecule has 0 bridgehead atoms. The SMILES string of the molecule is CN(C)c1ccc2cc(-c3ccccc3)c(=O)[nH]c2c1. The largest absolute Gasteiger partial charge is 0.378 e. The van der Waals surface area contributed by atoms with Crippen LogP contribution in [0.4, 0.5) is 5.69 Å². The summed E-state index contributed by atoms with van der Waals surface area (Å²) < 4.78 is 0. The van der Waals surface area contributed by atoms with Gasteiger partial charge in [0.25, 0.3) is 5.56 Å². The Morgan fingerprint density at radius 1 is 0.950 bits per heavy atom. The first-order chi connectivity index (χ1) is 9.65. The van der Waals surface area contributed by atoms with Crippen LogP contribution in [0.15, 0.2) is 59.4 Å². The summed E-state index contributed by atoms with van der Waals surface area (Å²) in [5, 5.41) is 1.04. The first-order valence-corrected chi connectivity index (χ1v) is 6.55. The highest BCUT2D eigenvalue weighted by Crippen LogP contribution is 2.22. The molecule has 3 heteroatoms. The molecule has 0 spiro atoms. The molecule has 1 heterocycles. The van der Waals surface area contributed by atoms with Gasteiger partial charge in [0, 0.05) is 25.3 Å². The minimum Gasteiger partial charge on any atom is -0.378 e. The fourth-order valence-corrected chi connectivity index (χ4v) is 2.30. The van der Waals surface area contributed by atoms with E-state index in [4.69, 9.17) is 0 Å². The van der Waals surface area contributed by atoms with Gasteiger partial charge in [-0.15, -0.1) is 0 Å². The maximum absolute atomic E-state index is 12.2. The van der Waals surface area contributed by atoms with Crippen molar-refractivity contribution in [1.29, 1.82) is 0 Å². The van der Waals surface area contributed by atoms with E-state index in [0.717, 1.165) is 22.2 Å². The average Bonchev–Trinajstić information content (AvgIpc) is 2.46. The van der Waals surface area contributed by atoms with Crippen LogP contribution in [-0.4, -0.2) is 19.1 Å². The Morgan fingerprint density at radius 2 is 1.70 bits per heavy atom. The van der Waals surface area contributed by atoms with Crippen LogP contribution in [0.1, 0.15) is 0 Å². The summed E-state index contributed by atoms with van der Waals surface area (Å²) in [7, 11) is 3.97. The molecule has 2 aromatic carbocycles. The van der Waals surface area contributed by atoms with E-state index in [1.165, 1.54) is 0 Å². The predicted molar refractivity (Wildman–Crippen MR) is 84.3 cm³/mol. The van der Waals surface area contributed by atoms with Crippen LogP contribution in [0.2, 0.25) is 0 Å². The molecule has 0 saturated heterocycles. The zero-order valence-electron chi connectivity index (χ0n) is 11.6. The molecular weight excluding hydrogens is 248 g/mol. The molecule has 0 fully saturated rings. The summed E-state index contributed by atoms with van der Waals surface area (Å²) >= 11 is 0. The molecule has 0 radical (unpaired) electrons. The third kappa shape index (κ3) is 2.18. The normalized spacial score (nSPS) is 10.7. The van der Waals surface area contributed by atoms with E-state index in [2.05, 4.69) is 11.1 Å². The van der Waals surface area contributed by atoms with Crippen molar-refractivity contribution >= 4 is 16.6 Å². The minimum absolute atomic E-state index is 0.0559. The monoisotopic (exact) mass is 264 g/mol. The maximum Gasteiger partial charge on any atom is 0.256 e. The Bertz CT molecular complexity index is 804. The van der Waals surface area contributed by atoms with Crippen LogP contribution in [-0.2, 0) is 0 Å². The summed E-state index contributed by atoms with van der Waals surface area (Å²) in [5.74, 6) is 0. The predicted octanol–water partition coefficient (Wildman–Crippen LogP) is 3.26. The number of nitrogens with zero attached hydrogens (tertiary/aromatic N) is 1. The number of aromatic nitrogens is 1. The van der Waals surface area contributed by atoms with Gasteiger partial charge in [0.2, 0.25) is 0 Å². The summed E-state index contributed by atoms with van der Waals surface area (Å²) in [6, 6.07) is 17.7. The molecule has 1 N–H and O–H groups in total. The number of nitrogens with one attached hydrogen (secondary N) is 1. The summed E-state index contributed by atoms with van der Waals surface area (Å²) in [6.45, 7) is 0. The smallest absolute Gasteiger partial charge is 0.256 e. The number of rotatable bonds is 2. The van der Waals surface area contributed by atoms with Crippen LogP contribution in [0.25, 0.3) is 22.0 Å². The van der Waals surface area contributed by atoms with Crippen LogP contribution in [0.3, 0.4) is 0 Å². The molecule has 0 aliphatic heterocycles. The highest BCUT2D eigenvalue weighted by molar-refractivity contribution is 5.86. The number of benzene rings is 2. The third-order valence-corrected chi connectivity index (χ3v) is 3.43. The van der Waals surface area contributed by atoms with Crippen LogP contribution in [0, 0.1) is 0 Å². The Balaban J connectivity index is 2.21. The molecule has 0 unspecified atom stereocenters. The highest BCUT2D eigenvalue weighted by atomic mass is 16.1. The van der Waals surface area contributed by atoms with Crippen molar-refractivity contribution in [1.82, 2.24) is 4.98 Å². The lowest BCUT2D eigenvalue weighted by Gasteiger charge is -2.13. The van der Waals surface area contributed by atoms with Crippen LogP contribution < -0.4 is 10.5 Å². The number of pyridine rings is 1. The average molecular weight is 264 g/mol. The van der Waals surface area contributed by atoms with Crippen molar-refractivity contribution in [3.8, 4) is 11.1 Å². The second kappa shape index (κ2) is 4.85. The first kappa shape index (κ1) is 12.5. The molecule has 100 valence electrons. The van der Waals surface area contributed by atoms with Crippen LogP contribution >= 0.6 is 0 Å². The number of hydrogen-bond acceptors (Lipinski definition) is 2. The number of anilines is 1. The van der Waals surface area contributed by atoms with Gasteiger partial charge < -0.3 is 9.88 Å². The molecule has 0 aliphatic carbocycles. The van der Waals surface area contributed by atoms with E-state index >= 15 is 0 Å². The van der Waals surface area contributed by atoms with E-state index < -0.39 is 0 Å². The summed E-state index contributed by atoms with van der Waals surface area (Å²) in [5.41, 5.74) is 3.52. The Morgan fingerprint density at radius 3 is 2.40 bits per heavy atom. The number of hydrogen-bond donors (Lipinski definition) is 1. The lowest BCUT2D eigenvalue weighted by molar-refractivity contribution is 1.13. The van der Waals surface area contributed by atoms with Gasteiger partial charge in [-0.1, -0.05) is 36.4 Å². The topological polar surface area (TPSA) is 36.1 Å². The van der Waals surface area contributed by atoms with Gasteiger partial charge in [-0.3, -0.25) is 4.79 Å². The number of fused-ring (bicyclic) bond motifs is 1. The van der Waals surface area contributed by atoms with Crippen molar-refractivity contribution in [2.24, 2.45) is 0 Å². The highest BCUT2D eigenvalue weighted by Gasteiger charge is 2.06. The van der Waals surface area contributed by atoms with Gasteiger partial charge in [-0.25, -0.2) is 0 Å². The molecule has 0 atom stereocenters. The van der Waals surface area contributed by atoms with E-state index in [1.807, 2.05) is 67.5 Å². The fraction of sp³-hybridized carbons (Fsp3) is 0.118. The second-order valence-corrected chi connectivity index (χ2v) is 5.04. The van der Waals surface area contributed by atoms with Crippen molar-refractivity contribution in [2.75, 3.05) is 19.0 Å². The molecule has 3 aromatic rings. The third-order valence-electron chi connectivity index (χ3n) is 3.43. The van der Waals surface area contributed by atoms with Gasteiger partial charge in [0.15, 0.2) is 0 Å². The fourth-order valence-electron chi connectivity index (χ4n) is 2.30. The number of H-pyrrole nitrogens is 1. The Labute approximate surface area is 117 Å². The molecular formula is C17H16N2O. The lowest BCUT2D eigenvalue weighted by Crippen LogP contribution is -2.11. The van der Waals surface area contributed by atoms with E-state index in [-0.39, 0.29) is 5.56 Å². The number of aromatic amines is 1. The van der Waals surface area contributed by atoms with E-state index in [1.54, 1.807) is 0 Å². The van der Waals surface area contributed by atoms with Gasteiger partial charge in [-0.2, -0.15) is 0 Å². The van der Waals surface area contributed by atoms with E-state index in [9.17, 15) is 4.79 Å². The zero-order chi connectivity index (χ0) is 14.1. The maximum atomic E-state index is 12.2. The van der Waals surface area contributed by atoms with Crippen molar-refractivity contribution in [2.45, 2.75) is 0 Å². The zero-order valence-corrected chi connectivity index (χ0v) is 11.6. The molecule has 20 heavy (non-hydrogen) atoms. The summed E-state index contributed by atoms with van der Waals surface area (Å²) in [4.78, 5) is 17.2. The standard InChI is InChI=1S/C17H16N2O/c1-19(2)14-9-8-13-10-15(12-6-4-3-5-7-12)17(20)18-16(13)11-14/h3-11H,1-2H3,(H,18,20). The summed E-state index contributed by atoms with van der Waals surface area (Å²) in [6.07, 6.45) is 0. The van der Waals surface area contributed by atoms with E-state index in [0.29, 0.717) is 5.56 Å². The first-order valence-electron chi connectivity index (χ1n) is 6.55.